The normalized spacial score (nSPS) is 16.9. The van der Waals surface area contributed by atoms with Gasteiger partial charge in [-0.15, -0.1) is 10.2 Å². The van der Waals surface area contributed by atoms with Crippen molar-refractivity contribution in [2.45, 2.75) is 30.5 Å². The van der Waals surface area contributed by atoms with Gasteiger partial charge in [0.25, 0.3) is 5.22 Å². The lowest BCUT2D eigenvalue weighted by atomic mass is 9.87. The molecule has 30 heavy (non-hydrogen) atoms. The highest BCUT2D eigenvalue weighted by Crippen LogP contribution is 2.36. The summed E-state index contributed by atoms with van der Waals surface area (Å²) in [5.41, 5.74) is 3.35. The molecule has 2 heterocycles. The van der Waals surface area contributed by atoms with Gasteiger partial charge in [0, 0.05) is 12.6 Å². The van der Waals surface area contributed by atoms with E-state index in [9.17, 15) is 4.79 Å². The van der Waals surface area contributed by atoms with Gasteiger partial charge in [0.2, 0.25) is 18.6 Å². The van der Waals surface area contributed by atoms with Crippen LogP contribution in [-0.4, -0.2) is 40.6 Å². The first kappa shape index (κ1) is 19.0. The van der Waals surface area contributed by atoms with E-state index >= 15 is 0 Å². The van der Waals surface area contributed by atoms with Gasteiger partial charge in [0.15, 0.2) is 11.5 Å². The molecule has 1 aromatic heterocycles. The Hall–Kier alpha value is -3.00. The second kappa shape index (κ2) is 8.02. The topological polar surface area (TPSA) is 77.7 Å². The standard InChI is InChI=1S/C22H21N3O4S/c1-25(17-8-4-6-14-5-2-3-7-16(14)17)20(26)12-30-22-24-23-21(29-22)15-9-10-18-19(11-15)28-13-27-18/h2-3,5,7,9-11,17H,4,6,8,12-13H2,1H3. The lowest BCUT2D eigenvalue weighted by Crippen LogP contribution is -2.34. The van der Waals surface area contributed by atoms with E-state index in [0.717, 1.165) is 24.8 Å². The quantitative estimate of drug-likeness (QED) is 0.572. The minimum Gasteiger partial charge on any atom is -0.454 e. The third-order valence-electron chi connectivity index (χ3n) is 5.54. The lowest BCUT2D eigenvalue weighted by Gasteiger charge is -2.33. The number of carbonyl (C=O) groups is 1. The summed E-state index contributed by atoms with van der Waals surface area (Å²) in [6.07, 6.45) is 3.15. The molecule has 0 saturated heterocycles. The maximum Gasteiger partial charge on any atom is 0.277 e. The predicted molar refractivity (Wildman–Crippen MR) is 111 cm³/mol. The molecule has 8 heteroatoms. The average molecular weight is 423 g/mol. The van der Waals surface area contributed by atoms with Gasteiger partial charge in [-0.1, -0.05) is 36.0 Å². The minimum atomic E-state index is 0.0459. The Morgan fingerprint density at radius 1 is 1.17 bits per heavy atom. The fourth-order valence-electron chi connectivity index (χ4n) is 3.94. The molecular weight excluding hydrogens is 402 g/mol. The van der Waals surface area contributed by atoms with Gasteiger partial charge in [-0.3, -0.25) is 4.79 Å². The molecule has 0 spiro atoms. The summed E-state index contributed by atoms with van der Waals surface area (Å²) < 4.78 is 16.4. The zero-order valence-corrected chi connectivity index (χ0v) is 17.4. The average Bonchev–Trinajstić information content (AvgIpc) is 3.45. The molecule has 0 N–H and O–H groups in total. The van der Waals surface area contributed by atoms with Gasteiger partial charge in [-0.2, -0.15) is 0 Å². The number of aryl methyl sites for hydroxylation is 1. The molecule has 1 aliphatic carbocycles. The van der Waals surface area contributed by atoms with Gasteiger partial charge in [0.05, 0.1) is 11.8 Å². The molecule has 7 nitrogen and oxygen atoms in total. The van der Waals surface area contributed by atoms with Gasteiger partial charge in [-0.25, -0.2) is 0 Å². The molecule has 3 aromatic rings. The monoisotopic (exact) mass is 423 g/mol. The molecule has 154 valence electrons. The third kappa shape index (κ3) is 3.63. The summed E-state index contributed by atoms with van der Waals surface area (Å²) >= 11 is 1.26. The SMILES string of the molecule is CN(C(=O)CSc1nnc(-c2ccc3c(c2)OCO3)o1)C1CCCc2ccccc21. The van der Waals surface area contributed by atoms with E-state index in [0.29, 0.717) is 22.6 Å². The van der Waals surface area contributed by atoms with Crippen LogP contribution in [0, 0.1) is 0 Å². The van der Waals surface area contributed by atoms with Crippen LogP contribution in [0.3, 0.4) is 0 Å². The Kier molecular flexibility index (Phi) is 5.08. The Labute approximate surface area is 178 Å². The molecule has 0 fully saturated rings. The Morgan fingerprint density at radius 2 is 2.03 bits per heavy atom. The fraction of sp³-hybridized carbons (Fsp3) is 0.318. The summed E-state index contributed by atoms with van der Waals surface area (Å²) in [5, 5.41) is 8.53. The van der Waals surface area contributed by atoms with Crippen molar-refractivity contribution < 1.29 is 18.7 Å². The molecule has 1 atom stereocenters. The minimum absolute atomic E-state index is 0.0459. The van der Waals surface area contributed by atoms with E-state index in [2.05, 4.69) is 28.4 Å². The Balaban J connectivity index is 1.23. The van der Waals surface area contributed by atoms with Crippen LogP contribution >= 0.6 is 11.8 Å². The fourth-order valence-corrected chi connectivity index (χ4v) is 4.63. The van der Waals surface area contributed by atoms with Crippen molar-refractivity contribution in [2.24, 2.45) is 0 Å². The molecule has 1 aliphatic heterocycles. The number of benzene rings is 2. The molecule has 0 saturated carbocycles. The molecule has 0 bridgehead atoms. The first-order chi connectivity index (χ1) is 14.7. The number of rotatable bonds is 5. The number of ether oxygens (including phenoxy) is 2. The number of carbonyl (C=O) groups excluding carboxylic acids is 1. The van der Waals surface area contributed by atoms with Gasteiger partial charge >= 0.3 is 0 Å². The van der Waals surface area contributed by atoms with Crippen LogP contribution in [0.25, 0.3) is 11.5 Å². The summed E-state index contributed by atoms with van der Waals surface area (Å²) in [5.74, 6) is 2.04. The first-order valence-corrected chi connectivity index (χ1v) is 10.9. The summed E-state index contributed by atoms with van der Waals surface area (Å²) in [4.78, 5) is 14.7. The number of amides is 1. The van der Waals surface area contributed by atoms with E-state index in [1.165, 1.54) is 22.9 Å². The summed E-state index contributed by atoms with van der Waals surface area (Å²) in [7, 11) is 1.88. The van der Waals surface area contributed by atoms with Crippen molar-refractivity contribution in [1.82, 2.24) is 15.1 Å². The highest BCUT2D eigenvalue weighted by molar-refractivity contribution is 7.99. The number of fused-ring (bicyclic) bond motifs is 2. The van der Waals surface area contributed by atoms with E-state index in [1.807, 2.05) is 36.2 Å². The number of hydrogen-bond acceptors (Lipinski definition) is 7. The van der Waals surface area contributed by atoms with E-state index in [-0.39, 0.29) is 24.5 Å². The maximum atomic E-state index is 12.8. The summed E-state index contributed by atoms with van der Waals surface area (Å²) in [6.45, 7) is 0.213. The van der Waals surface area contributed by atoms with Crippen molar-refractivity contribution in [1.29, 1.82) is 0 Å². The van der Waals surface area contributed by atoms with Gasteiger partial charge < -0.3 is 18.8 Å². The zero-order chi connectivity index (χ0) is 20.5. The molecule has 1 amide bonds. The molecule has 0 radical (unpaired) electrons. The van der Waals surface area contributed by atoms with Crippen LogP contribution in [0.2, 0.25) is 0 Å². The number of hydrogen-bond donors (Lipinski definition) is 0. The highest BCUT2D eigenvalue weighted by Gasteiger charge is 2.27. The first-order valence-electron chi connectivity index (χ1n) is 9.89. The van der Waals surface area contributed by atoms with Crippen LogP contribution in [0.5, 0.6) is 11.5 Å². The van der Waals surface area contributed by atoms with E-state index < -0.39 is 0 Å². The molecule has 5 rings (SSSR count). The Bertz CT molecular complexity index is 1080. The van der Waals surface area contributed by atoms with Crippen LogP contribution in [0.4, 0.5) is 0 Å². The van der Waals surface area contributed by atoms with E-state index in [1.54, 1.807) is 0 Å². The van der Waals surface area contributed by atoms with Crippen molar-refractivity contribution in [3.05, 3.63) is 53.6 Å². The number of thioether (sulfide) groups is 1. The maximum absolute atomic E-state index is 12.8. The second-order valence-corrected chi connectivity index (χ2v) is 8.27. The van der Waals surface area contributed by atoms with Crippen molar-refractivity contribution in [2.75, 3.05) is 19.6 Å². The van der Waals surface area contributed by atoms with E-state index in [4.69, 9.17) is 13.9 Å². The van der Waals surface area contributed by atoms with Crippen molar-refractivity contribution >= 4 is 17.7 Å². The third-order valence-corrected chi connectivity index (χ3v) is 6.35. The van der Waals surface area contributed by atoms with Crippen LogP contribution < -0.4 is 9.47 Å². The predicted octanol–water partition coefficient (Wildman–Crippen LogP) is 4.09. The van der Waals surface area contributed by atoms with Crippen LogP contribution in [0.1, 0.15) is 30.0 Å². The smallest absolute Gasteiger partial charge is 0.277 e. The largest absolute Gasteiger partial charge is 0.454 e. The van der Waals surface area contributed by atoms with Crippen molar-refractivity contribution in [3.63, 3.8) is 0 Å². The van der Waals surface area contributed by atoms with Crippen LogP contribution in [0.15, 0.2) is 52.1 Å². The lowest BCUT2D eigenvalue weighted by molar-refractivity contribution is -0.129. The molecule has 1 unspecified atom stereocenters. The van der Waals surface area contributed by atoms with Gasteiger partial charge in [-0.05, 0) is 48.6 Å². The zero-order valence-electron chi connectivity index (χ0n) is 16.5. The summed E-state index contributed by atoms with van der Waals surface area (Å²) in [6, 6.07) is 14.0. The molecule has 2 aromatic carbocycles. The number of aromatic nitrogens is 2. The Morgan fingerprint density at radius 3 is 2.97 bits per heavy atom. The van der Waals surface area contributed by atoms with Crippen molar-refractivity contribution in [3.8, 4) is 23.0 Å². The van der Waals surface area contributed by atoms with Gasteiger partial charge in [0.1, 0.15) is 0 Å². The highest BCUT2D eigenvalue weighted by atomic mass is 32.2. The molecular formula is C22H21N3O4S. The number of nitrogens with zero attached hydrogens (tertiary/aromatic N) is 3. The second-order valence-electron chi connectivity index (χ2n) is 7.34. The van der Waals surface area contributed by atoms with Crippen LogP contribution in [-0.2, 0) is 11.2 Å². The molecule has 2 aliphatic rings.